The molecule has 39 heavy (non-hydrogen) atoms. The molecule has 14 heteroatoms. The van der Waals surface area contributed by atoms with E-state index in [0.29, 0.717) is 32.2 Å². The molecule has 4 amide bonds. The number of carbonyl (C=O) groups is 4. The molecule has 3 N–H and O–H groups in total. The second-order valence-corrected chi connectivity index (χ2v) is 11.1. The summed E-state index contributed by atoms with van der Waals surface area (Å²) in [5.74, 6) is -10.2. The quantitative estimate of drug-likeness (QED) is 0.391. The summed E-state index contributed by atoms with van der Waals surface area (Å²) in [4.78, 5) is 51.9. The predicted molar refractivity (Wildman–Crippen MR) is 125 cm³/mol. The third-order valence-electron chi connectivity index (χ3n) is 8.51. The van der Waals surface area contributed by atoms with Crippen LogP contribution in [0.15, 0.2) is 0 Å². The van der Waals surface area contributed by atoms with Crippen LogP contribution in [0.25, 0.3) is 0 Å². The lowest BCUT2D eigenvalue weighted by molar-refractivity contribution is -0.196. The van der Waals surface area contributed by atoms with Crippen LogP contribution in [0.3, 0.4) is 0 Å². The topological polar surface area (TPSA) is 131 Å². The SMILES string of the molecule is N#C[C@H](C[C@@H]1CCCNC1=O)NC(=O)[C@H]1[C@@H]2CC[C@@H](CC2(F)F)N1C(=O)[C@H](CC1CCC1)NC(=O)C(F)(F)F. The molecule has 0 aromatic rings. The smallest absolute Gasteiger partial charge is 0.356 e. The van der Waals surface area contributed by atoms with Gasteiger partial charge >= 0.3 is 12.1 Å². The van der Waals surface area contributed by atoms with Crippen molar-refractivity contribution >= 4 is 23.6 Å². The molecule has 9 nitrogen and oxygen atoms in total. The van der Waals surface area contributed by atoms with E-state index in [2.05, 4.69) is 10.6 Å². The van der Waals surface area contributed by atoms with Gasteiger partial charge in [0.05, 0.1) is 12.0 Å². The number of hydrogen-bond acceptors (Lipinski definition) is 5. The monoisotopic (exact) mass is 561 g/mol. The fraction of sp³-hybridized carbons (Fsp3) is 0.800. The summed E-state index contributed by atoms with van der Waals surface area (Å²) in [5, 5.41) is 16.4. The minimum atomic E-state index is -5.26. The maximum atomic E-state index is 15.0. The van der Waals surface area contributed by atoms with E-state index >= 15 is 0 Å². The number of halogens is 5. The highest BCUT2D eigenvalue weighted by Gasteiger charge is 2.61. The average Bonchev–Trinajstić information content (AvgIpc) is 2.84. The number of rotatable bonds is 8. The van der Waals surface area contributed by atoms with Crippen LogP contribution >= 0.6 is 0 Å². The Hall–Kier alpha value is -2.98. The number of nitrogens with one attached hydrogen (secondary N) is 3. The number of alkyl halides is 5. The Morgan fingerprint density at radius 2 is 1.79 bits per heavy atom. The van der Waals surface area contributed by atoms with Crippen LogP contribution in [-0.4, -0.2) is 71.3 Å². The molecule has 5 fully saturated rings. The highest BCUT2D eigenvalue weighted by atomic mass is 19.4. The molecule has 216 valence electrons. The van der Waals surface area contributed by atoms with Crippen LogP contribution in [0.4, 0.5) is 22.0 Å². The Kier molecular flexibility index (Phi) is 8.37. The number of amides is 4. The Labute approximate surface area is 222 Å². The number of hydrogen-bond donors (Lipinski definition) is 3. The summed E-state index contributed by atoms with van der Waals surface area (Å²) >= 11 is 0. The van der Waals surface area contributed by atoms with E-state index in [1.165, 1.54) is 0 Å². The Bertz CT molecular complexity index is 1030. The van der Waals surface area contributed by atoms with E-state index in [1.54, 1.807) is 5.32 Å². The van der Waals surface area contributed by atoms with E-state index in [-0.39, 0.29) is 37.5 Å². The molecular weight excluding hydrogens is 529 g/mol. The van der Waals surface area contributed by atoms with Crippen LogP contribution < -0.4 is 16.0 Å². The molecule has 3 heterocycles. The molecule has 6 atom stereocenters. The van der Waals surface area contributed by atoms with Crippen LogP contribution in [-0.2, 0) is 19.2 Å². The molecule has 2 aliphatic carbocycles. The highest BCUT2D eigenvalue weighted by molar-refractivity contribution is 5.94. The van der Waals surface area contributed by atoms with Crippen molar-refractivity contribution in [3.8, 4) is 6.07 Å². The van der Waals surface area contributed by atoms with E-state index in [4.69, 9.17) is 0 Å². The molecule has 5 rings (SSSR count). The second-order valence-electron chi connectivity index (χ2n) is 11.1. The molecule has 0 aromatic heterocycles. The highest BCUT2D eigenvalue weighted by Crippen LogP contribution is 2.49. The molecular formula is C25H32F5N5O4. The standard InChI is InChI=1S/C25H32F5N5O4/c26-24(27)11-16-6-7-17(24)19(21(37)33-15(12-31)10-14-5-2-8-32-20(14)36)35(16)22(38)18(9-13-3-1-4-13)34-23(39)25(28,29)30/h13-19H,1-11H2,(H,32,36)(H,33,37)(H,34,39)/t14-,15-,16-,17-,18-,19+/m0/s1. The van der Waals surface area contributed by atoms with E-state index in [0.717, 1.165) is 11.3 Å². The maximum Gasteiger partial charge on any atom is 0.471 e. The van der Waals surface area contributed by atoms with Gasteiger partial charge in [-0.1, -0.05) is 19.3 Å². The Morgan fingerprint density at radius 1 is 1.08 bits per heavy atom. The summed E-state index contributed by atoms with van der Waals surface area (Å²) in [6.45, 7) is 0.489. The van der Waals surface area contributed by atoms with Gasteiger partial charge < -0.3 is 20.9 Å². The summed E-state index contributed by atoms with van der Waals surface area (Å²) in [5.41, 5.74) is 0. The third-order valence-corrected chi connectivity index (χ3v) is 8.51. The first-order valence-corrected chi connectivity index (χ1v) is 13.4. The van der Waals surface area contributed by atoms with Crippen LogP contribution in [0.5, 0.6) is 0 Å². The first-order chi connectivity index (χ1) is 18.3. The van der Waals surface area contributed by atoms with Crippen molar-refractivity contribution in [2.75, 3.05) is 6.54 Å². The van der Waals surface area contributed by atoms with Crippen molar-refractivity contribution < 1.29 is 41.1 Å². The summed E-state index contributed by atoms with van der Waals surface area (Å²) < 4.78 is 69.1. The zero-order valence-electron chi connectivity index (χ0n) is 21.2. The van der Waals surface area contributed by atoms with Crippen molar-refractivity contribution in [3.05, 3.63) is 0 Å². The third kappa shape index (κ3) is 6.27. The maximum absolute atomic E-state index is 15.0. The van der Waals surface area contributed by atoms with E-state index in [9.17, 15) is 46.4 Å². The van der Waals surface area contributed by atoms with Gasteiger partial charge in [0.1, 0.15) is 18.1 Å². The van der Waals surface area contributed by atoms with Crippen molar-refractivity contribution in [1.29, 1.82) is 5.26 Å². The van der Waals surface area contributed by atoms with Gasteiger partial charge in [0.25, 0.3) is 5.92 Å². The van der Waals surface area contributed by atoms with Crippen LogP contribution in [0.1, 0.15) is 64.2 Å². The van der Waals surface area contributed by atoms with Gasteiger partial charge in [-0.05, 0) is 44.4 Å². The van der Waals surface area contributed by atoms with Gasteiger partial charge in [-0.25, -0.2) is 8.78 Å². The summed E-state index contributed by atoms with van der Waals surface area (Å²) in [6.07, 6.45) is -2.84. The van der Waals surface area contributed by atoms with Gasteiger partial charge in [0, 0.05) is 24.9 Å². The zero-order chi connectivity index (χ0) is 28.5. The molecule has 5 aliphatic rings. The largest absolute Gasteiger partial charge is 0.471 e. The lowest BCUT2D eigenvalue weighted by Gasteiger charge is -2.54. The Morgan fingerprint density at radius 3 is 2.36 bits per heavy atom. The number of fused-ring (bicyclic) bond motifs is 3. The fourth-order valence-corrected chi connectivity index (χ4v) is 6.27. The number of piperidine rings is 3. The summed E-state index contributed by atoms with van der Waals surface area (Å²) in [6, 6.07) is -3.82. The predicted octanol–water partition coefficient (Wildman–Crippen LogP) is 2.16. The molecule has 0 unspecified atom stereocenters. The van der Waals surface area contributed by atoms with Crippen molar-refractivity contribution in [2.24, 2.45) is 17.8 Å². The molecule has 3 aliphatic heterocycles. The number of carbonyl (C=O) groups excluding carboxylic acids is 4. The van der Waals surface area contributed by atoms with E-state index in [1.807, 2.05) is 6.07 Å². The molecule has 0 spiro atoms. The van der Waals surface area contributed by atoms with Crippen LogP contribution in [0, 0.1) is 29.1 Å². The van der Waals surface area contributed by atoms with Crippen molar-refractivity contribution in [3.63, 3.8) is 0 Å². The number of nitrogens with zero attached hydrogens (tertiary/aromatic N) is 2. The normalized spacial score (nSPS) is 29.8. The van der Waals surface area contributed by atoms with Gasteiger partial charge in [0.2, 0.25) is 17.7 Å². The Balaban J connectivity index is 1.57. The lowest BCUT2D eigenvalue weighted by Crippen LogP contribution is -2.71. The molecule has 2 saturated carbocycles. The van der Waals surface area contributed by atoms with Gasteiger partial charge in [-0.2, -0.15) is 18.4 Å². The van der Waals surface area contributed by atoms with Crippen molar-refractivity contribution in [1.82, 2.24) is 20.9 Å². The van der Waals surface area contributed by atoms with E-state index < -0.39 is 72.2 Å². The summed E-state index contributed by atoms with van der Waals surface area (Å²) in [7, 11) is 0. The second kappa shape index (κ2) is 11.3. The first-order valence-electron chi connectivity index (χ1n) is 13.4. The molecule has 0 aromatic carbocycles. The average molecular weight is 562 g/mol. The minimum absolute atomic E-state index is 0.0504. The molecule has 3 saturated heterocycles. The van der Waals surface area contributed by atoms with Gasteiger partial charge in [-0.15, -0.1) is 0 Å². The van der Waals surface area contributed by atoms with Gasteiger partial charge in [0.15, 0.2) is 0 Å². The number of nitriles is 1. The first kappa shape index (κ1) is 29.0. The lowest BCUT2D eigenvalue weighted by atomic mass is 9.71. The van der Waals surface area contributed by atoms with Gasteiger partial charge in [-0.3, -0.25) is 19.2 Å². The van der Waals surface area contributed by atoms with Crippen molar-refractivity contribution in [2.45, 2.75) is 100 Å². The molecule has 0 radical (unpaired) electrons. The zero-order valence-corrected chi connectivity index (χ0v) is 21.2. The minimum Gasteiger partial charge on any atom is -0.356 e. The fourth-order valence-electron chi connectivity index (χ4n) is 6.27. The molecule has 2 bridgehead atoms. The van der Waals surface area contributed by atoms with Crippen LogP contribution in [0.2, 0.25) is 0 Å².